The predicted octanol–water partition coefficient (Wildman–Crippen LogP) is 1.88. The van der Waals surface area contributed by atoms with Crippen molar-refractivity contribution in [2.45, 2.75) is 18.9 Å². The van der Waals surface area contributed by atoms with Crippen LogP contribution in [-0.4, -0.2) is 35.3 Å². The van der Waals surface area contributed by atoms with Crippen LogP contribution in [-0.2, 0) is 20.8 Å². The number of aliphatic carboxylic acids is 1. The summed E-state index contributed by atoms with van der Waals surface area (Å²) >= 11 is 11.8. The number of carboxylic acids is 1. The van der Waals surface area contributed by atoms with Gasteiger partial charge in [-0.25, -0.2) is 4.79 Å². The molecule has 1 unspecified atom stereocenters. The van der Waals surface area contributed by atoms with Gasteiger partial charge in [-0.2, -0.15) is 0 Å². The van der Waals surface area contributed by atoms with Gasteiger partial charge in [0.2, 0.25) is 6.10 Å². The summed E-state index contributed by atoms with van der Waals surface area (Å²) < 4.78 is 0. The molecule has 0 radical (unpaired) electrons. The fourth-order valence-corrected chi connectivity index (χ4v) is 2.31. The van der Waals surface area contributed by atoms with Crippen molar-refractivity contribution >= 4 is 40.8 Å². The van der Waals surface area contributed by atoms with Gasteiger partial charge < -0.3 is 15.3 Å². The highest BCUT2D eigenvalue weighted by molar-refractivity contribution is 6.36. The number of nitrogens with one attached hydrogen (secondary N) is 1. The molecule has 0 bridgehead atoms. The fraction of sp³-hybridized carbons (Fsp3) is 0.308. The first-order chi connectivity index (χ1) is 9.97. The maximum atomic E-state index is 11.8. The monoisotopic (exact) mass is 330 g/mol. The average Bonchev–Trinajstić information content (AvgIpc) is 2.91. The second kappa shape index (κ2) is 6.78. The lowest BCUT2D eigenvalue weighted by Crippen LogP contribution is -2.36. The number of nitrogens with zero attached hydrogens (tertiary/aromatic N) is 1. The van der Waals surface area contributed by atoms with Gasteiger partial charge in [0.05, 0.1) is 0 Å². The first-order valence-electron chi connectivity index (χ1n) is 6.15. The van der Waals surface area contributed by atoms with E-state index < -0.39 is 18.0 Å². The second-order valence-electron chi connectivity index (χ2n) is 4.42. The van der Waals surface area contributed by atoms with E-state index in [0.717, 1.165) is 5.56 Å². The molecule has 1 aliphatic rings. The van der Waals surface area contributed by atoms with Crippen LogP contribution >= 0.6 is 23.2 Å². The standard InChI is InChI=1S/C13H12Cl2N2O4/c14-8-2-1-7(9(15)5-8)3-4-16-12(18)11-6-10(13(19)20)17-21-11/h1-2,5,11H,3-4,6H2,(H,16,18)(H,19,20). The molecular weight excluding hydrogens is 319 g/mol. The summed E-state index contributed by atoms with van der Waals surface area (Å²) in [7, 11) is 0. The minimum atomic E-state index is -1.18. The van der Waals surface area contributed by atoms with Crippen molar-refractivity contribution in [3.63, 3.8) is 0 Å². The van der Waals surface area contributed by atoms with Crippen LogP contribution in [0.2, 0.25) is 10.0 Å². The molecule has 8 heteroatoms. The van der Waals surface area contributed by atoms with E-state index in [9.17, 15) is 9.59 Å². The first-order valence-corrected chi connectivity index (χ1v) is 6.90. The van der Waals surface area contributed by atoms with Crippen LogP contribution in [0.15, 0.2) is 23.4 Å². The third kappa shape index (κ3) is 4.09. The third-order valence-electron chi connectivity index (χ3n) is 2.92. The van der Waals surface area contributed by atoms with Crippen LogP contribution in [0.3, 0.4) is 0 Å². The third-order valence-corrected chi connectivity index (χ3v) is 3.50. The molecule has 0 aromatic heterocycles. The highest BCUT2D eigenvalue weighted by atomic mass is 35.5. The molecule has 2 rings (SSSR count). The van der Waals surface area contributed by atoms with Crippen LogP contribution in [0.25, 0.3) is 0 Å². The zero-order valence-electron chi connectivity index (χ0n) is 10.8. The van der Waals surface area contributed by atoms with E-state index >= 15 is 0 Å². The Morgan fingerprint density at radius 3 is 2.81 bits per heavy atom. The Labute approximate surface area is 130 Å². The minimum Gasteiger partial charge on any atom is -0.477 e. The van der Waals surface area contributed by atoms with E-state index in [1.165, 1.54) is 0 Å². The van der Waals surface area contributed by atoms with Crippen LogP contribution in [0.4, 0.5) is 0 Å². The maximum Gasteiger partial charge on any atom is 0.353 e. The van der Waals surface area contributed by atoms with E-state index in [4.69, 9.17) is 33.1 Å². The van der Waals surface area contributed by atoms with Gasteiger partial charge in [-0.15, -0.1) is 0 Å². The van der Waals surface area contributed by atoms with Crippen LogP contribution < -0.4 is 5.32 Å². The number of oxime groups is 1. The molecule has 21 heavy (non-hydrogen) atoms. The van der Waals surface area contributed by atoms with E-state index in [-0.39, 0.29) is 12.1 Å². The number of hydrogen-bond acceptors (Lipinski definition) is 4. The van der Waals surface area contributed by atoms with Crippen LogP contribution in [0.1, 0.15) is 12.0 Å². The van der Waals surface area contributed by atoms with E-state index in [2.05, 4.69) is 10.5 Å². The molecule has 2 N–H and O–H groups in total. The van der Waals surface area contributed by atoms with E-state index in [0.29, 0.717) is 23.0 Å². The number of carbonyl (C=O) groups excluding carboxylic acids is 1. The van der Waals surface area contributed by atoms with Gasteiger partial charge in [0, 0.05) is 23.0 Å². The number of carbonyl (C=O) groups is 2. The van der Waals surface area contributed by atoms with Crippen LogP contribution in [0, 0.1) is 0 Å². The molecule has 1 aromatic rings. The molecule has 1 amide bonds. The topological polar surface area (TPSA) is 88.0 Å². The molecule has 1 aliphatic heterocycles. The van der Waals surface area contributed by atoms with Crippen LogP contribution in [0.5, 0.6) is 0 Å². The molecular formula is C13H12Cl2N2O4. The molecule has 1 heterocycles. The van der Waals surface area contributed by atoms with Crippen molar-refractivity contribution in [3.8, 4) is 0 Å². The molecule has 0 saturated heterocycles. The van der Waals surface area contributed by atoms with Gasteiger partial charge in [-0.1, -0.05) is 34.4 Å². The lowest BCUT2D eigenvalue weighted by Gasteiger charge is -2.10. The number of benzene rings is 1. The zero-order valence-corrected chi connectivity index (χ0v) is 12.3. The number of carboxylic acid groups (broad SMARTS) is 1. The highest BCUT2D eigenvalue weighted by Crippen LogP contribution is 2.21. The Morgan fingerprint density at radius 2 is 2.19 bits per heavy atom. The summed E-state index contributed by atoms with van der Waals surface area (Å²) in [5.41, 5.74) is 0.701. The molecule has 0 fully saturated rings. The minimum absolute atomic E-state index is 0.0388. The van der Waals surface area contributed by atoms with Gasteiger partial charge in [-0.3, -0.25) is 4.79 Å². The number of halogens is 2. The van der Waals surface area contributed by atoms with E-state index in [1.54, 1.807) is 18.2 Å². The van der Waals surface area contributed by atoms with Crippen molar-refractivity contribution in [2.24, 2.45) is 5.16 Å². The lowest BCUT2D eigenvalue weighted by atomic mass is 10.1. The fourth-order valence-electron chi connectivity index (χ4n) is 1.80. The van der Waals surface area contributed by atoms with Gasteiger partial charge >= 0.3 is 5.97 Å². The Balaban J connectivity index is 1.79. The van der Waals surface area contributed by atoms with Crippen molar-refractivity contribution in [3.05, 3.63) is 33.8 Å². The number of hydrogen-bond donors (Lipinski definition) is 2. The molecule has 112 valence electrons. The van der Waals surface area contributed by atoms with E-state index in [1.807, 2.05) is 0 Å². The average molecular weight is 331 g/mol. The predicted molar refractivity (Wildman–Crippen MR) is 77.7 cm³/mol. The SMILES string of the molecule is O=C(O)C1=NOC(C(=O)NCCc2ccc(Cl)cc2Cl)C1. The first kappa shape index (κ1) is 15.6. The van der Waals surface area contributed by atoms with Crippen molar-refractivity contribution in [2.75, 3.05) is 6.54 Å². The molecule has 0 spiro atoms. The van der Waals surface area contributed by atoms with Crippen molar-refractivity contribution in [1.29, 1.82) is 0 Å². The normalized spacial score (nSPS) is 17.0. The quantitative estimate of drug-likeness (QED) is 0.862. The van der Waals surface area contributed by atoms with Gasteiger partial charge in [0.15, 0.2) is 5.71 Å². The highest BCUT2D eigenvalue weighted by Gasteiger charge is 2.31. The molecule has 1 aromatic carbocycles. The van der Waals surface area contributed by atoms with Crippen molar-refractivity contribution < 1.29 is 19.5 Å². The second-order valence-corrected chi connectivity index (χ2v) is 5.26. The Hall–Kier alpha value is -1.79. The summed E-state index contributed by atoms with van der Waals surface area (Å²) in [5, 5.41) is 15.8. The summed E-state index contributed by atoms with van der Waals surface area (Å²) in [6.07, 6.45) is -0.402. The lowest BCUT2D eigenvalue weighted by molar-refractivity contribution is -0.131. The number of rotatable bonds is 5. The summed E-state index contributed by atoms with van der Waals surface area (Å²) in [6.45, 7) is 0.350. The molecule has 6 nitrogen and oxygen atoms in total. The smallest absolute Gasteiger partial charge is 0.353 e. The Morgan fingerprint density at radius 1 is 1.43 bits per heavy atom. The Bertz CT molecular complexity index is 604. The van der Waals surface area contributed by atoms with Crippen molar-refractivity contribution in [1.82, 2.24) is 5.32 Å². The Kier molecular flexibility index (Phi) is 5.03. The van der Waals surface area contributed by atoms with Gasteiger partial charge in [-0.05, 0) is 24.1 Å². The molecule has 1 atom stereocenters. The molecule has 0 aliphatic carbocycles. The number of amides is 1. The summed E-state index contributed by atoms with van der Waals surface area (Å²) in [4.78, 5) is 27.2. The maximum absolute atomic E-state index is 11.8. The van der Waals surface area contributed by atoms with Gasteiger partial charge in [0.25, 0.3) is 5.91 Å². The van der Waals surface area contributed by atoms with Gasteiger partial charge in [0.1, 0.15) is 0 Å². The zero-order chi connectivity index (χ0) is 15.4. The molecule has 0 saturated carbocycles. The summed E-state index contributed by atoms with van der Waals surface area (Å²) in [6, 6.07) is 5.14. The largest absolute Gasteiger partial charge is 0.477 e. The summed E-state index contributed by atoms with van der Waals surface area (Å²) in [5.74, 6) is -1.58.